The first kappa shape index (κ1) is 16.5. The molecule has 0 spiro atoms. The number of amides is 1. The second-order valence-corrected chi connectivity index (χ2v) is 5.76. The molecule has 0 aliphatic rings. The van der Waals surface area contributed by atoms with Crippen molar-refractivity contribution in [2.75, 3.05) is 27.2 Å². The molecule has 118 valence electrons. The number of rotatable bonds is 6. The highest BCUT2D eigenvalue weighted by atomic mass is 35.5. The summed E-state index contributed by atoms with van der Waals surface area (Å²) in [6.07, 6.45) is 0.879. The lowest BCUT2D eigenvalue weighted by Gasteiger charge is -2.10. The Hall–Kier alpha value is -1.85. The monoisotopic (exact) mass is 321 g/mol. The van der Waals surface area contributed by atoms with Gasteiger partial charge in [-0.25, -0.2) is 0 Å². The van der Waals surface area contributed by atoms with Gasteiger partial charge in [-0.15, -0.1) is 0 Å². The molecular formula is C16H20ClN3O2. The van der Waals surface area contributed by atoms with Crippen LogP contribution in [0.3, 0.4) is 0 Å². The van der Waals surface area contributed by atoms with Gasteiger partial charge in [0.15, 0.2) is 0 Å². The lowest BCUT2D eigenvalue weighted by atomic mass is 10.1. The summed E-state index contributed by atoms with van der Waals surface area (Å²) < 4.78 is 5.19. The summed E-state index contributed by atoms with van der Waals surface area (Å²) in [7, 11) is 4.00. The Bertz CT molecular complexity index is 653. The number of benzene rings is 1. The Morgan fingerprint density at radius 3 is 2.77 bits per heavy atom. The fraction of sp³-hybridized carbons (Fsp3) is 0.375. The number of halogens is 1. The maximum atomic E-state index is 12.4. The third-order valence-corrected chi connectivity index (χ3v) is 3.62. The van der Waals surface area contributed by atoms with Crippen molar-refractivity contribution < 1.29 is 9.32 Å². The van der Waals surface area contributed by atoms with Crippen LogP contribution in [0.15, 0.2) is 28.8 Å². The maximum Gasteiger partial charge on any atom is 0.257 e. The molecule has 0 unspecified atom stereocenters. The van der Waals surface area contributed by atoms with Crippen LogP contribution in [-0.4, -0.2) is 43.1 Å². The van der Waals surface area contributed by atoms with Crippen LogP contribution in [0.1, 0.15) is 22.5 Å². The van der Waals surface area contributed by atoms with Crippen LogP contribution in [0.4, 0.5) is 0 Å². The minimum Gasteiger partial charge on any atom is -0.360 e. The van der Waals surface area contributed by atoms with Crippen molar-refractivity contribution in [3.05, 3.63) is 40.6 Å². The quantitative estimate of drug-likeness (QED) is 0.831. The van der Waals surface area contributed by atoms with Crippen molar-refractivity contribution in [3.63, 3.8) is 0 Å². The van der Waals surface area contributed by atoms with E-state index in [1.165, 1.54) is 0 Å². The van der Waals surface area contributed by atoms with Crippen molar-refractivity contribution in [2.45, 2.75) is 13.3 Å². The van der Waals surface area contributed by atoms with Gasteiger partial charge in [-0.3, -0.25) is 4.79 Å². The molecule has 1 amide bonds. The van der Waals surface area contributed by atoms with Gasteiger partial charge in [0.1, 0.15) is 17.0 Å². The predicted molar refractivity (Wildman–Crippen MR) is 87.2 cm³/mol. The van der Waals surface area contributed by atoms with Crippen LogP contribution >= 0.6 is 11.6 Å². The first-order valence-electron chi connectivity index (χ1n) is 7.14. The number of nitrogens with zero attached hydrogens (tertiary/aromatic N) is 2. The van der Waals surface area contributed by atoms with Crippen LogP contribution in [0, 0.1) is 6.92 Å². The molecule has 6 heteroatoms. The lowest BCUT2D eigenvalue weighted by molar-refractivity contribution is 0.0951. The van der Waals surface area contributed by atoms with E-state index in [2.05, 4.69) is 15.4 Å². The zero-order valence-corrected chi connectivity index (χ0v) is 13.8. The molecule has 1 aromatic carbocycles. The molecule has 0 atom stereocenters. The maximum absolute atomic E-state index is 12.4. The molecule has 2 aromatic rings. The lowest BCUT2D eigenvalue weighted by Crippen LogP contribution is -2.27. The van der Waals surface area contributed by atoms with E-state index < -0.39 is 0 Å². The Labute approximate surface area is 135 Å². The average molecular weight is 322 g/mol. The predicted octanol–water partition coefficient (Wildman–Crippen LogP) is 2.98. The van der Waals surface area contributed by atoms with Crippen LogP contribution in [0.5, 0.6) is 0 Å². The first-order chi connectivity index (χ1) is 10.5. The highest BCUT2D eigenvalue weighted by Gasteiger charge is 2.22. The highest BCUT2D eigenvalue weighted by Crippen LogP contribution is 2.30. The smallest absolute Gasteiger partial charge is 0.257 e. The van der Waals surface area contributed by atoms with Crippen LogP contribution in [0.2, 0.25) is 5.02 Å². The van der Waals surface area contributed by atoms with Crippen molar-refractivity contribution in [1.29, 1.82) is 0 Å². The topological polar surface area (TPSA) is 58.4 Å². The summed E-state index contributed by atoms with van der Waals surface area (Å²) in [6, 6.07) is 7.27. The molecule has 1 heterocycles. The van der Waals surface area contributed by atoms with Gasteiger partial charge in [0.05, 0.1) is 5.02 Å². The summed E-state index contributed by atoms with van der Waals surface area (Å²) in [6.45, 7) is 3.24. The number of carbonyl (C=O) groups excluding carboxylic acids is 1. The molecule has 0 fully saturated rings. The number of aryl methyl sites for hydroxylation is 1. The standard InChI is InChI=1S/C16H20ClN3O2/c1-11-14(16(21)18-9-6-10-20(2)3)15(19-22-11)12-7-4-5-8-13(12)17/h4-5,7-8H,6,9-10H2,1-3H3,(H,18,21). The van der Waals surface area contributed by atoms with Crippen molar-refractivity contribution in [2.24, 2.45) is 0 Å². The van der Waals surface area contributed by atoms with Crippen molar-refractivity contribution >= 4 is 17.5 Å². The van der Waals surface area contributed by atoms with Crippen molar-refractivity contribution in [1.82, 2.24) is 15.4 Å². The molecule has 0 saturated heterocycles. The Morgan fingerprint density at radius 1 is 1.36 bits per heavy atom. The third kappa shape index (κ3) is 3.87. The second kappa shape index (κ2) is 7.42. The zero-order chi connectivity index (χ0) is 16.1. The largest absolute Gasteiger partial charge is 0.360 e. The Morgan fingerprint density at radius 2 is 2.09 bits per heavy atom. The highest BCUT2D eigenvalue weighted by molar-refractivity contribution is 6.33. The summed E-state index contributed by atoms with van der Waals surface area (Å²) in [5.41, 5.74) is 1.62. The molecule has 1 aromatic heterocycles. The normalized spacial score (nSPS) is 11.0. The summed E-state index contributed by atoms with van der Waals surface area (Å²) in [4.78, 5) is 14.5. The van der Waals surface area contributed by atoms with E-state index in [1.54, 1.807) is 13.0 Å². The summed E-state index contributed by atoms with van der Waals surface area (Å²) in [5.74, 6) is 0.299. The van der Waals surface area contributed by atoms with Crippen LogP contribution < -0.4 is 5.32 Å². The molecule has 0 radical (unpaired) electrons. The van der Waals surface area contributed by atoms with Gasteiger partial charge >= 0.3 is 0 Å². The van der Waals surface area contributed by atoms with E-state index in [4.69, 9.17) is 16.1 Å². The Kier molecular flexibility index (Phi) is 5.57. The van der Waals surface area contributed by atoms with E-state index in [1.807, 2.05) is 32.3 Å². The summed E-state index contributed by atoms with van der Waals surface area (Å²) in [5, 5.41) is 7.44. The van der Waals surface area contributed by atoms with Crippen LogP contribution in [-0.2, 0) is 0 Å². The van der Waals surface area contributed by atoms with Crippen LogP contribution in [0.25, 0.3) is 11.3 Å². The fourth-order valence-corrected chi connectivity index (χ4v) is 2.39. The molecule has 22 heavy (non-hydrogen) atoms. The van der Waals surface area contributed by atoms with Gasteiger partial charge in [-0.1, -0.05) is 35.0 Å². The first-order valence-corrected chi connectivity index (χ1v) is 7.52. The fourth-order valence-electron chi connectivity index (χ4n) is 2.16. The molecule has 0 saturated carbocycles. The molecule has 5 nitrogen and oxygen atoms in total. The van der Waals surface area contributed by atoms with Gasteiger partial charge in [0.25, 0.3) is 5.91 Å². The van der Waals surface area contributed by atoms with Crippen molar-refractivity contribution in [3.8, 4) is 11.3 Å². The van der Waals surface area contributed by atoms with Gasteiger partial charge in [-0.05, 0) is 40.1 Å². The molecule has 0 bridgehead atoms. The summed E-state index contributed by atoms with van der Waals surface area (Å²) >= 11 is 6.19. The van der Waals surface area contributed by atoms with Gasteiger partial charge in [-0.2, -0.15) is 0 Å². The van der Waals surface area contributed by atoms with Gasteiger partial charge < -0.3 is 14.7 Å². The number of nitrogens with one attached hydrogen (secondary N) is 1. The minimum absolute atomic E-state index is 0.188. The average Bonchev–Trinajstić information content (AvgIpc) is 2.85. The van der Waals surface area contributed by atoms with E-state index in [9.17, 15) is 4.79 Å². The molecule has 0 aliphatic heterocycles. The third-order valence-electron chi connectivity index (χ3n) is 3.29. The molecule has 1 N–H and O–H groups in total. The SMILES string of the molecule is Cc1onc(-c2ccccc2Cl)c1C(=O)NCCCN(C)C. The minimum atomic E-state index is -0.188. The van der Waals surface area contributed by atoms with Gasteiger partial charge in [0.2, 0.25) is 0 Å². The number of hydrogen-bond acceptors (Lipinski definition) is 4. The van der Waals surface area contributed by atoms with E-state index >= 15 is 0 Å². The molecule has 2 rings (SSSR count). The van der Waals surface area contributed by atoms with Gasteiger partial charge in [0, 0.05) is 12.1 Å². The zero-order valence-electron chi connectivity index (χ0n) is 13.0. The number of carbonyl (C=O) groups is 1. The van der Waals surface area contributed by atoms with E-state index in [-0.39, 0.29) is 5.91 Å². The number of aromatic nitrogens is 1. The Balaban J connectivity index is 2.16. The molecule has 0 aliphatic carbocycles. The second-order valence-electron chi connectivity index (χ2n) is 5.35. The number of hydrogen-bond donors (Lipinski definition) is 1. The van der Waals surface area contributed by atoms with E-state index in [0.717, 1.165) is 13.0 Å². The van der Waals surface area contributed by atoms with E-state index in [0.29, 0.717) is 34.1 Å². The molecular weight excluding hydrogens is 302 g/mol.